The molecule has 0 radical (unpaired) electrons. The van der Waals surface area contributed by atoms with E-state index in [9.17, 15) is 0 Å². The smallest absolute Gasteiger partial charge is 0.319 e. The van der Waals surface area contributed by atoms with Crippen molar-refractivity contribution in [2.45, 2.75) is 51.7 Å². The van der Waals surface area contributed by atoms with Crippen molar-refractivity contribution < 1.29 is 9.47 Å². The number of nitrogens with zero attached hydrogens (tertiary/aromatic N) is 2. The zero-order chi connectivity index (χ0) is 13.5. The zero-order valence-corrected chi connectivity index (χ0v) is 11.8. The predicted octanol–water partition coefficient (Wildman–Crippen LogP) is 2.17. The van der Waals surface area contributed by atoms with Crippen LogP contribution < -0.4 is 14.8 Å². The fourth-order valence-electron chi connectivity index (χ4n) is 2.16. The maximum atomic E-state index is 5.59. The van der Waals surface area contributed by atoms with Crippen LogP contribution in [0.2, 0.25) is 0 Å². The van der Waals surface area contributed by atoms with E-state index in [4.69, 9.17) is 9.47 Å². The molecular weight excluding hydrogens is 242 g/mol. The fourth-order valence-corrected chi connectivity index (χ4v) is 2.16. The van der Waals surface area contributed by atoms with E-state index in [0.29, 0.717) is 24.5 Å². The minimum Gasteiger partial charge on any atom is -0.475 e. The number of ether oxygens (including phenoxy) is 2. The molecule has 0 amide bonds. The first-order valence-electron chi connectivity index (χ1n) is 7.10. The first-order chi connectivity index (χ1) is 9.24. The number of piperidine rings is 1. The Kier molecular flexibility index (Phi) is 5.39. The lowest BCUT2D eigenvalue weighted by molar-refractivity contribution is 0.218. The highest BCUT2D eigenvalue weighted by atomic mass is 16.5. The van der Waals surface area contributed by atoms with E-state index < -0.39 is 0 Å². The van der Waals surface area contributed by atoms with Gasteiger partial charge in [0.2, 0.25) is 5.88 Å². The average Bonchev–Trinajstić information content (AvgIpc) is 2.40. The van der Waals surface area contributed by atoms with E-state index in [2.05, 4.69) is 15.3 Å². The van der Waals surface area contributed by atoms with Crippen molar-refractivity contribution in [1.82, 2.24) is 15.3 Å². The van der Waals surface area contributed by atoms with Crippen molar-refractivity contribution in [1.29, 1.82) is 0 Å². The first kappa shape index (κ1) is 14.1. The van der Waals surface area contributed by atoms with Gasteiger partial charge in [0.25, 0.3) is 0 Å². The van der Waals surface area contributed by atoms with E-state index >= 15 is 0 Å². The number of hydrogen-bond donors (Lipinski definition) is 1. The van der Waals surface area contributed by atoms with Crippen LogP contribution in [0, 0.1) is 0 Å². The first-order valence-corrected chi connectivity index (χ1v) is 7.10. The van der Waals surface area contributed by atoms with Crippen molar-refractivity contribution in [2.24, 2.45) is 0 Å². The molecule has 1 N–H and O–H groups in total. The third-order valence-electron chi connectivity index (χ3n) is 3.07. The number of rotatable bonds is 6. The highest BCUT2D eigenvalue weighted by Crippen LogP contribution is 2.13. The molecule has 19 heavy (non-hydrogen) atoms. The summed E-state index contributed by atoms with van der Waals surface area (Å²) in [6, 6.07) is 2.72. The molecule has 1 aliphatic rings. The van der Waals surface area contributed by atoms with Crippen molar-refractivity contribution >= 4 is 0 Å². The molecule has 5 nitrogen and oxygen atoms in total. The normalized spacial score (nSPS) is 19.4. The second-order valence-electron chi connectivity index (χ2n) is 5.13. The van der Waals surface area contributed by atoms with Crippen molar-refractivity contribution in [3.8, 4) is 11.9 Å². The minimum absolute atomic E-state index is 0.106. The Bertz CT molecular complexity index is 379. The van der Waals surface area contributed by atoms with Gasteiger partial charge >= 0.3 is 6.01 Å². The van der Waals surface area contributed by atoms with Crippen LogP contribution in [0.4, 0.5) is 0 Å². The number of aromatic nitrogens is 2. The Balaban J connectivity index is 1.75. The molecule has 2 heterocycles. The molecular formula is C14H23N3O2. The molecule has 2 rings (SSSR count). The molecule has 106 valence electrons. The fraction of sp³-hybridized carbons (Fsp3) is 0.714. The number of nitrogens with one attached hydrogen (secondary N) is 1. The van der Waals surface area contributed by atoms with Crippen LogP contribution in [0.1, 0.15) is 39.5 Å². The van der Waals surface area contributed by atoms with Gasteiger partial charge in [0.1, 0.15) is 0 Å². The molecule has 5 heteroatoms. The van der Waals surface area contributed by atoms with Crippen LogP contribution in [-0.2, 0) is 0 Å². The molecule has 1 aromatic rings. The van der Waals surface area contributed by atoms with Gasteiger partial charge in [-0.3, -0.25) is 0 Å². The van der Waals surface area contributed by atoms with Gasteiger partial charge in [0, 0.05) is 18.3 Å². The summed E-state index contributed by atoms with van der Waals surface area (Å²) >= 11 is 0. The summed E-state index contributed by atoms with van der Waals surface area (Å²) in [7, 11) is 0. The van der Waals surface area contributed by atoms with E-state index in [1.807, 2.05) is 13.8 Å². The Hall–Kier alpha value is -1.36. The van der Waals surface area contributed by atoms with Gasteiger partial charge in [-0.25, -0.2) is 4.98 Å². The standard InChI is InChI=1S/C14H23N3O2/c1-11(2)19-13-6-9-16-14(17-13)18-10-7-12-5-3-4-8-15-12/h6,9,11-12,15H,3-5,7-8,10H2,1-2H3. The van der Waals surface area contributed by atoms with E-state index in [0.717, 1.165) is 13.0 Å². The molecule has 1 fully saturated rings. The monoisotopic (exact) mass is 265 g/mol. The van der Waals surface area contributed by atoms with Gasteiger partial charge in [-0.05, 0) is 39.7 Å². The molecule has 1 unspecified atom stereocenters. The van der Waals surface area contributed by atoms with Crippen LogP contribution in [0.15, 0.2) is 12.3 Å². The lowest BCUT2D eigenvalue weighted by Gasteiger charge is -2.23. The summed E-state index contributed by atoms with van der Waals surface area (Å²) in [5, 5.41) is 3.50. The molecule has 0 aromatic carbocycles. The summed E-state index contributed by atoms with van der Waals surface area (Å²) in [6.07, 6.45) is 6.60. The SMILES string of the molecule is CC(C)Oc1ccnc(OCCC2CCCCN2)n1. The van der Waals surface area contributed by atoms with Crippen LogP contribution in [0.5, 0.6) is 11.9 Å². The summed E-state index contributed by atoms with van der Waals surface area (Å²) < 4.78 is 11.1. The van der Waals surface area contributed by atoms with Crippen LogP contribution in [-0.4, -0.2) is 35.3 Å². The van der Waals surface area contributed by atoms with Gasteiger partial charge in [-0.2, -0.15) is 4.98 Å². The largest absolute Gasteiger partial charge is 0.475 e. The van der Waals surface area contributed by atoms with Gasteiger partial charge in [0.05, 0.1) is 12.7 Å². The summed E-state index contributed by atoms with van der Waals surface area (Å²) in [6.45, 7) is 5.70. The second-order valence-corrected chi connectivity index (χ2v) is 5.13. The van der Waals surface area contributed by atoms with Gasteiger partial charge in [-0.1, -0.05) is 6.42 Å². The van der Waals surface area contributed by atoms with Crippen molar-refractivity contribution in [3.63, 3.8) is 0 Å². The molecule has 0 spiro atoms. The summed E-state index contributed by atoms with van der Waals surface area (Å²) in [5.41, 5.74) is 0. The van der Waals surface area contributed by atoms with Crippen LogP contribution >= 0.6 is 0 Å². The van der Waals surface area contributed by atoms with Gasteiger partial charge in [-0.15, -0.1) is 0 Å². The quantitative estimate of drug-likeness (QED) is 0.854. The zero-order valence-electron chi connectivity index (χ0n) is 11.8. The molecule has 0 aliphatic carbocycles. The Labute approximate surface area is 114 Å². The second kappa shape index (κ2) is 7.28. The van der Waals surface area contributed by atoms with Crippen molar-refractivity contribution in [2.75, 3.05) is 13.2 Å². The van der Waals surface area contributed by atoms with E-state index in [1.165, 1.54) is 19.3 Å². The summed E-state index contributed by atoms with van der Waals surface area (Å²) in [5.74, 6) is 0.566. The topological polar surface area (TPSA) is 56.3 Å². The molecule has 1 atom stereocenters. The van der Waals surface area contributed by atoms with E-state index in [1.54, 1.807) is 12.3 Å². The Morgan fingerprint density at radius 3 is 3.05 bits per heavy atom. The molecule has 1 aliphatic heterocycles. The van der Waals surface area contributed by atoms with Gasteiger partial charge < -0.3 is 14.8 Å². The molecule has 1 aromatic heterocycles. The highest BCUT2D eigenvalue weighted by Gasteiger charge is 2.12. The van der Waals surface area contributed by atoms with E-state index in [-0.39, 0.29) is 6.10 Å². The van der Waals surface area contributed by atoms with Crippen molar-refractivity contribution in [3.05, 3.63) is 12.3 Å². The maximum absolute atomic E-state index is 5.59. The lowest BCUT2D eigenvalue weighted by atomic mass is 10.0. The van der Waals surface area contributed by atoms with Crippen LogP contribution in [0.3, 0.4) is 0 Å². The predicted molar refractivity (Wildman–Crippen MR) is 73.5 cm³/mol. The molecule has 0 saturated carbocycles. The maximum Gasteiger partial charge on any atom is 0.319 e. The third kappa shape index (κ3) is 5.03. The summed E-state index contributed by atoms with van der Waals surface area (Å²) in [4.78, 5) is 8.32. The number of hydrogen-bond acceptors (Lipinski definition) is 5. The Morgan fingerprint density at radius 2 is 2.32 bits per heavy atom. The molecule has 1 saturated heterocycles. The minimum atomic E-state index is 0.106. The highest BCUT2D eigenvalue weighted by molar-refractivity contribution is 5.11. The third-order valence-corrected chi connectivity index (χ3v) is 3.07. The lowest BCUT2D eigenvalue weighted by Crippen LogP contribution is -2.35. The molecule has 0 bridgehead atoms. The van der Waals surface area contributed by atoms with Crippen LogP contribution in [0.25, 0.3) is 0 Å². The Morgan fingerprint density at radius 1 is 1.42 bits per heavy atom. The van der Waals surface area contributed by atoms with Gasteiger partial charge in [0.15, 0.2) is 0 Å². The average molecular weight is 265 g/mol.